The molecule has 1 aliphatic heterocycles. The van der Waals surface area contributed by atoms with Gasteiger partial charge in [-0.25, -0.2) is 9.59 Å². The maximum atomic E-state index is 12.4. The number of hydrogen-bond donors (Lipinski definition) is 1. The molecule has 25 heavy (non-hydrogen) atoms. The van der Waals surface area contributed by atoms with Crippen molar-refractivity contribution in [2.24, 2.45) is 5.92 Å². The monoisotopic (exact) mass is 356 g/mol. The third-order valence-electron chi connectivity index (χ3n) is 3.53. The van der Waals surface area contributed by atoms with Gasteiger partial charge in [0.15, 0.2) is 0 Å². The highest BCUT2D eigenvalue weighted by atomic mass is 16.6. The van der Waals surface area contributed by atoms with Crippen molar-refractivity contribution in [3.05, 3.63) is 12.3 Å². The molecule has 0 aliphatic carbocycles. The molecule has 0 unspecified atom stereocenters. The molecule has 144 valence electrons. The molecule has 2 atom stereocenters. The number of amides is 2. The van der Waals surface area contributed by atoms with Crippen molar-refractivity contribution in [3.8, 4) is 0 Å². The van der Waals surface area contributed by atoms with Gasteiger partial charge in [0.25, 0.3) is 0 Å². The van der Waals surface area contributed by atoms with E-state index in [-0.39, 0.29) is 18.1 Å². The minimum absolute atomic E-state index is 0.0615. The third kappa shape index (κ3) is 7.67. The van der Waals surface area contributed by atoms with Crippen LogP contribution in [0.4, 0.5) is 9.59 Å². The summed E-state index contributed by atoms with van der Waals surface area (Å²) in [6, 6.07) is -0.204. The van der Waals surface area contributed by atoms with Crippen molar-refractivity contribution in [2.45, 2.75) is 65.2 Å². The van der Waals surface area contributed by atoms with Crippen LogP contribution in [0.15, 0.2) is 12.3 Å². The first-order valence-corrected chi connectivity index (χ1v) is 8.59. The van der Waals surface area contributed by atoms with Gasteiger partial charge in [0.1, 0.15) is 11.2 Å². The van der Waals surface area contributed by atoms with Gasteiger partial charge in [-0.1, -0.05) is 0 Å². The largest absolute Gasteiger partial charge is 0.505 e. The molecule has 7 heteroatoms. The van der Waals surface area contributed by atoms with E-state index in [2.05, 4.69) is 5.32 Å². The molecule has 1 rings (SSSR count). The van der Waals surface area contributed by atoms with Gasteiger partial charge in [0, 0.05) is 19.0 Å². The molecule has 1 N–H and O–H groups in total. The molecule has 0 aromatic carbocycles. The van der Waals surface area contributed by atoms with Crippen molar-refractivity contribution < 1.29 is 23.8 Å². The third-order valence-corrected chi connectivity index (χ3v) is 3.53. The van der Waals surface area contributed by atoms with Gasteiger partial charge in [0.2, 0.25) is 0 Å². The van der Waals surface area contributed by atoms with Crippen molar-refractivity contribution in [1.82, 2.24) is 10.2 Å². The Balaban J connectivity index is 2.72. The second-order valence-corrected chi connectivity index (χ2v) is 8.16. The zero-order chi connectivity index (χ0) is 19.3. The summed E-state index contributed by atoms with van der Waals surface area (Å²) >= 11 is 0. The molecule has 0 bridgehead atoms. The van der Waals surface area contributed by atoms with E-state index in [1.54, 1.807) is 18.3 Å². The summed E-state index contributed by atoms with van der Waals surface area (Å²) in [5.41, 5.74) is -1.10. The van der Waals surface area contributed by atoms with Crippen LogP contribution in [0, 0.1) is 5.92 Å². The lowest BCUT2D eigenvalue weighted by Gasteiger charge is -2.29. The van der Waals surface area contributed by atoms with E-state index in [0.29, 0.717) is 13.1 Å². The Kier molecular flexibility index (Phi) is 7.14. The summed E-state index contributed by atoms with van der Waals surface area (Å²) in [7, 11) is 1.55. The Labute approximate surface area is 150 Å². The van der Waals surface area contributed by atoms with E-state index in [1.807, 2.05) is 47.6 Å². The summed E-state index contributed by atoms with van der Waals surface area (Å²) < 4.78 is 15.7. The first kappa shape index (κ1) is 21.1. The highest BCUT2D eigenvalue weighted by Crippen LogP contribution is 2.27. The molecule has 0 saturated carbocycles. The summed E-state index contributed by atoms with van der Waals surface area (Å²) in [4.78, 5) is 25.9. The predicted octanol–water partition coefficient (Wildman–Crippen LogP) is 3.30. The van der Waals surface area contributed by atoms with Crippen LogP contribution in [0.2, 0.25) is 0 Å². The van der Waals surface area contributed by atoms with E-state index in [9.17, 15) is 9.59 Å². The Hall–Kier alpha value is -1.92. The van der Waals surface area contributed by atoms with Gasteiger partial charge in [-0.05, 0) is 54.0 Å². The summed E-state index contributed by atoms with van der Waals surface area (Å²) in [5.74, 6) is 0.0615. The van der Waals surface area contributed by atoms with Crippen molar-refractivity contribution in [3.63, 3.8) is 0 Å². The van der Waals surface area contributed by atoms with Gasteiger partial charge in [-0.2, -0.15) is 0 Å². The highest BCUT2D eigenvalue weighted by Gasteiger charge is 2.38. The topological polar surface area (TPSA) is 77.1 Å². The summed E-state index contributed by atoms with van der Waals surface area (Å²) in [5, 5.41) is 2.78. The number of hydrogen-bond acceptors (Lipinski definition) is 5. The van der Waals surface area contributed by atoms with E-state index in [4.69, 9.17) is 14.2 Å². The van der Waals surface area contributed by atoms with Crippen molar-refractivity contribution >= 4 is 12.2 Å². The standard InChI is InChI=1S/C18H32N2O5/c1-17(2,3)24-15(21)19-12-13-8-10-20(14(13)9-11-23-7)16(22)25-18(4,5)6/h9,11,13-14H,8,10,12H2,1-7H3,(H,19,21)/b11-9+/t13-,14-/m0/s1. The fourth-order valence-corrected chi connectivity index (χ4v) is 2.58. The number of alkyl carbamates (subject to hydrolysis) is 1. The van der Waals surface area contributed by atoms with Gasteiger partial charge in [0.05, 0.1) is 19.4 Å². The number of likely N-dealkylation sites (tertiary alicyclic amines) is 1. The molecule has 7 nitrogen and oxygen atoms in total. The zero-order valence-corrected chi connectivity index (χ0v) is 16.4. The van der Waals surface area contributed by atoms with Crippen molar-refractivity contribution in [2.75, 3.05) is 20.2 Å². The molecular formula is C18H32N2O5. The SMILES string of the molecule is CO/C=C/[C@H]1[C@H](CNC(=O)OC(C)(C)C)CCN1C(=O)OC(C)(C)C. The minimum atomic E-state index is -0.556. The number of rotatable bonds is 4. The van der Waals surface area contributed by atoms with E-state index >= 15 is 0 Å². The fraction of sp³-hybridized carbons (Fsp3) is 0.778. The quantitative estimate of drug-likeness (QED) is 0.782. The molecule has 1 saturated heterocycles. The zero-order valence-electron chi connectivity index (χ0n) is 16.4. The maximum absolute atomic E-state index is 12.4. The van der Waals surface area contributed by atoms with Crippen LogP contribution in [-0.4, -0.2) is 54.5 Å². The Bertz CT molecular complexity index is 491. The first-order valence-electron chi connectivity index (χ1n) is 8.59. The van der Waals surface area contributed by atoms with Gasteiger partial charge >= 0.3 is 12.2 Å². The molecule has 1 aliphatic rings. The number of methoxy groups -OCH3 is 1. The second-order valence-electron chi connectivity index (χ2n) is 8.16. The Morgan fingerprint density at radius 3 is 2.24 bits per heavy atom. The molecule has 2 amide bonds. The molecule has 1 fully saturated rings. The van der Waals surface area contributed by atoms with Crippen LogP contribution in [0.25, 0.3) is 0 Å². The van der Waals surface area contributed by atoms with Crippen LogP contribution in [0.1, 0.15) is 48.0 Å². The van der Waals surface area contributed by atoms with Crippen LogP contribution in [0.3, 0.4) is 0 Å². The maximum Gasteiger partial charge on any atom is 0.410 e. The lowest BCUT2D eigenvalue weighted by molar-refractivity contribution is 0.0241. The predicted molar refractivity (Wildman–Crippen MR) is 95.2 cm³/mol. The highest BCUT2D eigenvalue weighted by molar-refractivity contribution is 5.70. The molecular weight excluding hydrogens is 324 g/mol. The Morgan fingerprint density at radius 1 is 1.12 bits per heavy atom. The summed E-state index contributed by atoms with van der Waals surface area (Å²) in [6.45, 7) is 11.9. The minimum Gasteiger partial charge on any atom is -0.505 e. The van der Waals surface area contributed by atoms with Gasteiger partial charge in [-0.15, -0.1) is 0 Å². The van der Waals surface area contributed by atoms with Crippen LogP contribution in [0.5, 0.6) is 0 Å². The molecule has 0 radical (unpaired) electrons. The number of nitrogens with zero attached hydrogens (tertiary/aromatic N) is 1. The molecule has 0 aromatic heterocycles. The van der Waals surface area contributed by atoms with E-state index < -0.39 is 17.3 Å². The smallest absolute Gasteiger partial charge is 0.410 e. The van der Waals surface area contributed by atoms with Gasteiger partial charge in [-0.3, -0.25) is 0 Å². The second kappa shape index (κ2) is 8.45. The van der Waals surface area contributed by atoms with Gasteiger partial charge < -0.3 is 24.4 Å². The molecule has 0 spiro atoms. The normalized spacial score (nSPS) is 21.3. The van der Waals surface area contributed by atoms with Crippen LogP contribution in [-0.2, 0) is 14.2 Å². The number of carbonyl (C=O) groups excluding carboxylic acids is 2. The average molecular weight is 356 g/mol. The Morgan fingerprint density at radius 2 is 1.72 bits per heavy atom. The van der Waals surface area contributed by atoms with Crippen LogP contribution >= 0.6 is 0 Å². The fourth-order valence-electron chi connectivity index (χ4n) is 2.58. The lowest BCUT2D eigenvalue weighted by Crippen LogP contribution is -2.43. The first-order chi connectivity index (χ1) is 11.4. The van der Waals surface area contributed by atoms with E-state index in [1.165, 1.54) is 0 Å². The van der Waals surface area contributed by atoms with E-state index in [0.717, 1.165) is 6.42 Å². The van der Waals surface area contributed by atoms with Crippen LogP contribution < -0.4 is 5.32 Å². The number of nitrogens with one attached hydrogen (secondary N) is 1. The summed E-state index contributed by atoms with van der Waals surface area (Å²) in [6.07, 6.45) is 3.30. The van der Waals surface area contributed by atoms with Crippen molar-refractivity contribution in [1.29, 1.82) is 0 Å². The molecule has 1 heterocycles. The number of carbonyl (C=O) groups is 2. The average Bonchev–Trinajstić information content (AvgIpc) is 2.82. The number of ether oxygens (including phenoxy) is 3. The lowest BCUT2D eigenvalue weighted by atomic mass is 10.0. The molecule has 0 aromatic rings.